The number of carboxylic acids is 1. The summed E-state index contributed by atoms with van der Waals surface area (Å²) < 4.78 is 13.4. The number of anilines is 1. The maximum atomic E-state index is 13.4. The lowest BCUT2D eigenvalue weighted by Gasteiger charge is -2.15. The third-order valence-electron chi connectivity index (χ3n) is 3.61. The molecule has 0 bridgehead atoms. The number of hydrogen-bond donors (Lipinski definition) is 2. The Morgan fingerprint density at radius 2 is 1.90 bits per heavy atom. The van der Waals surface area contributed by atoms with Gasteiger partial charge in [0.2, 0.25) is 0 Å². The summed E-state index contributed by atoms with van der Waals surface area (Å²) >= 11 is 0. The van der Waals surface area contributed by atoms with Gasteiger partial charge < -0.3 is 10.8 Å². The summed E-state index contributed by atoms with van der Waals surface area (Å²) in [6, 6.07) is 4.37. The molecule has 0 spiro atoms. The van der Waals surface area contributed by atoms with Crippen LogP contribution in [-0.4, -0.2) is 11.1 Å². The van der Waals surface area contributed by atoms with Crippen molar-refractivity contribution >= 4 is 11.7 Å². The highest BCUT2D eigenvalue weighted by Crippen LogP contribution is 2.29. The standard InChI is InChI=1S/C16H24FNO2/c1-2-3-4-5-6-7-9-13(16(19)20)12-10-8-11-14(17)15(12)18/h8,10-11,13H,2-7,9,18H2,1H3,(H,19,20). The molecule has 3 nitrogen and oxygen atoms in total. The molecular formula is C16H24FNO2. The van der Waals surface area contributed by atoms with E-state index in [1.807, 2.05) is 0 Å². The van der Waals surface area contributed by atoms with Crippen LogP contribution in [-0.2, 0) is 4.79 Å². The molecular weight excluding hydrogens is 257 g/mol. The Morgan fingerprint density at radius 3 is 2.55 bits per heavy atom. The lowest BCUT2D eigenvalue weighted by molar-refractivity contribution is -0.139. The molecule has 1 aromatic rings. The Labute approximate surface area is 120 Å². The fourth-order valence-electron chi connectivity index (χ4n) is 2.40. The second-order valence-electron chi connectivity index (χ2n) is 5.19. The molecule has 0 aliphatic heterocycles. The first-order valence-electron chi connectivity index (χ1n) is 7.34. The van der Waals surface area contributed by atoms with Crippen LogP contribution in [0.1, 0.15) is 63.4 Å². The quantitative estimate of drug-likeness (QED) is 0.523. The average molecular weight is 281 g/mol. The highest BCUT2D eigenvalue weighted by atomic mass is 19.1. The van der Waals surface area contributed by atoms with E-state index in [1.165, 1.54) is 31.4 Å². The van der Waals surface area contributed by atoms with Crippen LogP contribution in [0.3, 0.4) is 0 Å². The molecule has 0 saturated heterocycles. The summed E-state index contributed by atoms with van der Waals surface area (Å²) in [6.45, 7) is 2.16. The van der Waals surface area contributed by atoms with Crippen molar-refractivity contribution in [3.63, 3.8) is 0 Å². The normalized spacial score (nSPS) is 12.3. The Morgan fingerprint density at radius 1 is 1.25 bits per heavy atom. The van der Waals surface area contributed by atoms with Gasteiger partial charge in [0, 0.05) is 0 Å². The van der Waals surface area contributed by atoms with E-state index in [0.717, 1.165) is 19.3 Å². The molecule has 0 amide bonds. The van der Waals surface area contributed by atoms with Crippen LogP contribution in [0.4, 0.5) is 10.1 Å². The molecule has 0 aromatic heterocycles. The second kappa shape index (κ2) is 8.56. The Hall–Kier alpha value is -1.58. The van der Waals surface area contributed by atoms with Gasteiger partial charge in [-0.1, -0.05) is 57.6 Å². The first-order valence-corrected chi connectivity index (χ1v) is 7.34. The molecule has 3 N–H and O–H groups in total. The highest BCUT2D eigenvalue weighted by Gasteiger charge is 2.22. The molecule has 1 aromatic carbocycles. The molecule has 1 rings (SSSR count). The summed E-state index contributed by atoms with van der Waals surface area (Å²) in [5, 5.41) is 9.30. The number of aliphatic carboxylic acids is 1. The molecule has 4 heteroatoms. The summed E-state index contributed by atoms with van der Waals surface area (Å²) in [5.74, 6) is -2.19. The Balaban J connectivity index is 2.57. The van der Waals surface area contributed by atoms with E-state index < -0.39 is 17.7 Å². The average Bonchev–Trinajstić information content (AvgIpc) is 2.41. The van der Waals surface area contributed by atoms with Crippen molar-refractivity contribution in [3.05, 3.63) is 29.6 Å². The molecule has 1 unspecified atom stereocenters. The number of benzene rings is 1. The monoisotopic (exact) mass is 281 g/mol. The third kappa shape index (κ3) is 4.83. The first kappa shape index (κ1) is 16.5. The molecule has 0 fully saturated rings. The van der Waals surface area contributed by atoms with Crippen LogP contribution in [0.5, 0.6) is 0 Å². The first-order chi connectivity index (χ1) is 9.57. The number of nitrogens with two attached hydrogens (primary N) is 1. The van der Waals surface area contributed by atoms with E-state index in [-0.39, 0.29) is 5.69 Å². The predicted octanol–water partition coefficient (Wildman–Crippen LogP) is 4.33. The maximum absolute atomic E-state index is 13.4. The maximum Gasteiger partial charge on any atom is 0.311 e. The number of nitrogen functional groups attached to an aromatic ring is 1. The van der Waals surface area contributed by atoms with Crippen molar-refractivity contribution in [2.75, 3.05) is 5.73 Å². The van der Waals surface area contributed by atoms with Gasteiger partial charge in [-0.3, -0.25) is 4.79 Å². The molecule has 112 valence electrons. The molecule has 1 atom stereocenters. The van der Waals surface area contributed by atoms with Gasteiger partial charge in [0.25, 0.3) is 0 Å². The number of para-hydroxylation sites is 1. The van der Waals surface area contributed by atoms with Crippen LogP contribution >= 0.6 is 0 Å². The van der Waals surface area contributed by atoms with Gasteiger partial charge in [-0.15, -0.1) is 0 Å². The lowest BCUT2D eigenvalue weighted by atomic mass is 9.91. The van der Waals surface area contributed by atoms with Gasteiger partial charge in [0.1, 0.15) is 5.82 Å². The van der Waals surface area contributed by atoms with Crippen molar-refractivity contribution in [3.8, 4) is 0 Å². The van der Waals surface area contributed by atoms with E-state index >= 15 is 0 Å². The van der Waals surface area contributed by atoms with E-state index in [4.69, 9.17) is 5.73 Å². The zero-order valence-corrected chi connectivity index (χ0v) is 12.1. The fourth-order valence-corrected chi connectivity index (χ4v) is 2.40. The van der Waals surface area contributed by atoms with E-state index in [0.29, 0.717) is 12.0 Å². The van der Waals surface area contributed by atoms with E-state index in [9.17, 15) is 14.3 Å². The number of halogens is 1. The zero-order chi connectivity index (χ0) is 15.0. The van der Waals surface area contributed by atoms with Crippen LogP contribution in [0.2, 0.25) is 0 Å². The number of carbonyl (C=O) groups is 1. The summed E-state index contributed by atoms with van der Waals surface area (Å²) in [7, 11) is 0. The van der Waals surface area contributed by atoms with Crippen molar-refractivity contribution in [1.29, 1.82) is 0 Å². The molecule has 0 aliphatic rings. The molecule has 0 aliphatic carbocycles. The minimum absolute atomic E-state index is 0.0362. The van der Waals surface area contributed by atoms with Crippen molar-refractivity contribution in [2.24, 2.45) is 0 Å². The SMILES string of the molecule is CCCCCCCCC(C(=O)O)c1cccc(F)c1N. The van der Waals surface area contributed by atoms with Gasteiger partial charge in [0.05, 0.1) is 11.6 Å². The summed E-state index contributed by atoms with van der Waals surface area (Å²) in [4.78, 5) is 11.4. The molecule has 20 heavy (non-hydrogen) atoms. The number of rotatable bonds is 9. The second-order valence-corrected chi connectivity index (χ2v) is 5.19. The number of carboxylic acid groups (broad SMARTS) is 1. The fraction of sp³-hybridized carbons (Fsp3) is 0.562. The Kier molecular flexibility index (Phi) is 7.05. The minimum atomic E-state index is -0.934. The van der Waals surface area contributed by atoms with Gasteiger partial charge in [-0.2, -0.15) is 0 Å². The highest BCUT2D eigenvalue weighted by molar-refractivity contribution is 5.78. The van der Waals surface area contributed by atoms with Crippen molar-refractivity contribution in [1.82, 2.24) is 0 Å². The van der Waals surface area contributed by atoms with Crippen LogP contribution in [0.25, 0.3) is 0 Å². The van der Waals surface area contributed by atoms with Crippen molar-refractivity contribution in [2.45, 2.75) is 57.8 Å². The minimum Gasteiger partial charge on any atom is -0.481 e. The van der Waals surface area contributed by atoms with Crippen LogP contribution in [0, 0.1) is 5.82 Å². The summed E-state index contributed by atoms with van der Waals surface area (Å²) in [5.41, 5.74) is 6.01. The van der Waals surface area contributed by atoms with Gasteiger partial charge in [-0.05, 0) is 18.1 Å². The van der Waals surface area contributed by atoms with Crippen LogP contribution < -0.4 is 5.73 Å². The topological polar surface area (TPSA) is 63.3 Å². The zero-order valence-electron chi connectivity index (χ0n) is 12.1. The summed E-state index contributed by atoms with van der Waals surface area (Å²) in [6.07, 6.45) is 7.08. The molecule has 0 heterocycles. The molecule has 0 saturated carbocycles. The predicted molar refractivity (Wildman–Crippen MR) is 79.2 cm³/mol. The van der Waals surface area contributed by atoms with Crippen LogP contribution in [0.15, 0.2) is 18.2 Å². The lowest BCUT2D eigenvalue weighted by Crippen LogP contribution is -2.14. The van der Waals surface area contributed by atoms with E-state index in [2.05, 4.69) is 6.92 Å². The number of unbranched alkanes of at least 4 members (excludes halogenated alkanes) is 5. The van der Waals surface area contributed by atoms with Gasteiger partial charge in [-0.25, -0.2) is 4.39 Å². The third-order valence-corrected chi connectivity index (χ3v) is 3.61. The smallest absolute Gasteiger partial charge is 0.311 e. The van der Waals surface area contributed by atoms with Crippen molar-refractivity contribution < 1.29 is 14.3 Å². The van der Waals surface area contributed by atoms with Gasteiger partial charge >= 0.3 is 5.97 Å². The van der Waals surface area contributed by atoms with E-state index in [1.54, 1.807) is 6.07 Å². The Bertz CT molecular complexity index is 434. The molecule has 0 radical (unpaired) electrons. The number of hydrogen-bond acceptors (Lipinski definition) is 2. The van der Waals surface area contributed by atoms with Gasteiger partial charge in [0.15, 0.2) is 0 Å². The largest absolute Gasteiger partial charge is 0.481 e.